The Morgan fingerprint density at radius 3 is 2.17 bits per heavy atom. The lowest BCUT2D eigenvalue weighted by Crippen LogP contribution is -2.15. The van der Waals surface area contributed by atoms with Gasteiger partial charge in [-0.25, -0.2) is 9.59 Å². The van der Waals surface area contributed by atoms with E-state index in [1.54, 1.807) is 0 Å². The van der Waals surface area contributed by atoms with E-state index in [9.17, 15) is 22.8 Å². The summed E-state index contributed by atoms with van der Waals surface area (Å²) in [4.78, 5) is 22.1. The summed E-state index contributed by atoms with van der Waals surface area (Å²) in [6.07, 6.45) is -4.68. The fraction of sp³-hybridized carbons (Fsp3) is 0.273. The summed E-state index contributed by atoms with van der Waals surface area (Å²) in [5.41, 5.74) is -2.48. The Hall–Kier alpha value is -2.05. The van der Waals surface area contributed by atoms with E-state index in [4.69, 9.17) is 5.11 Å². The number of methoxy groups -OCH3 is 1. The maximum Gasteiger partial charge on any atom is 0.416 e. The summed E-state index contributed by atoms with van der Waals surface area (Å²) in [6, 6.07) is 1.29. The molecule has 0 atom stereocenters. The predicted octanol–water partition coefficient (Wildman–Crippen LogP) is 2.50. The monoisotopic (exact) mass is 262 g/mol. The van der Waals surface area contributed by atoms with Crippen molar-refractivity contribution in [3.8, 4) is 0 Å². The van der Waals surface area contributed by atoms with Gasteiger partial charge in [0.2, 0.25) is 0 Å². The van der Waals surface area contributed by atoms with Gasteiger partial charge in [-0.2, -0.15) is 13.2 Å². The lowest BCUT2D eigenvalue weighted by molar-refractivity contribution is -0.138. The number of benzene rings is 1. The summed E-state index contributed by atoms with van der Waals surface area (Å²) >= 11 is 0. The number of alkyl halides is 3. The van der Waals surface area contributed by atoms with Crippen LogP contribution >= 0.6 is 0 Å². The molecule has 1 aromatic carbocycles. The Labute approximate surface area is 100.0 Å². The zero-order valence-corrected chi connectivity index (χ0v) is 9.46. The number of ether oxygens (including phenoxy) is 1. The minimum atomic E-state index is -4.68. The first-order valence-corrected chi connectivity index (χ1v) is 4.72. The molecule has 0 unspecified atom stereocenters. The molecule has 0 aliphatic heterocycles. The molecule has 1 N–H and O–H groups in total. The largest absolute Gasteiger partial charge is 0.478 e. The van der Waals surface area contributed by atoms with Crippen molar-refractivity contribution in [1.29, 1.82) is 0 Å². The molecule has 0 fully saturated rings. The number of rotatable bonds is 2. The van der Waals surface area contributed by atoms with Crippen LogP contribution in [0.3, 0.4) is 0 Å². The second-order valence-electron chi connectivity index (χ2n) is 3.51. The van der Waals surface area contributed by atoms with E-state index in [1.807, 2.05) is 0 Å². The van der Waals surface area contributed by atoms with Crippen LogP contribution in [-0.2, 0) is 10.9 Å². The second-order valence-corrected chi connectivity index (χ2v) is 3.51. The van der Waals surface area contributed by atoms with Crippen LogP contribution in [0.15, 0.2) is 12.1 Å². The highest BCUT2D eigenvalue weighted by atomic mass is 19.4. The molecule has 0 bridgehead atoms. The highest BCUT2D eigenvalue weighted by Crippen LogP contribution is 2.33. The normalized spacial score (nSPS) is 11.2. The molecule has 0 heterocycles. The smallest absolute Gasteiger partial charge is 0.416 e. The fourth-order valence-electron chi connectivity index (χ4n) is 1.47. The van der Waals surface area contributed by atoms with Crippen LogP contribution in [0.4, 0.5) is 13.2 Å². The molecule has 0 saturated carbocycles. The number of carboxylic acids is 1. The quantitative estimate of drug-likeness (QED) is 0.832. The van der Waals surface area contributed by atoms with Gasteiger partial charge in [0.15, 0.2) is 0 Å². The maximum atomic E-state index is 12.6. The second kappa shape index (κ2) is 4.67. The third kappa shape index (κ3) is 2.61. The van der Waals surface area contributed by atoms with Crippen molar-refractivity contribution in [1.82, 2.24) is 0 Å². The van der Waals surface area contributed by atoms with Gasteiger partial charge in [0, 0.05) is 0 Å². The summed E-state index contributed by atoms with van der Waals surface area (Å²) in [5, 5.41) is 8.82. The molecule has 18 heavy (non-hydrogen) atoms. The lowest BCUT2D eigenvalue weighted by atomic mass is 9.98. The number of carbonyl (C=O) groups excluding carboxylic acids is 1. The molecule has 0 spiro atoms. The van der Waals surface area contributed by atoms with E-state index in [1.165, 1.54) is 0 Å². The minimum absolute atomic E-state index is 0.243. The Kier molecular flexibility index (Phi) is 3.64. The van der Waals surface area contributed by atoms with E-state index in [-0.39, 0.29) is 5.56 Å². The van der Waals surface area contributed by atoms with Crippen LogP contribution in [0.2, 0.25) is 0 Å². The Balaban J connectivity index is 3.54. The lowest BCUT2D eigenvalue weighted by Gasteiger charge is -2.13. The molecule has 98 valence electrons. The van der Waals surface area contributed by atoms with Crippen LogP contribution in [-0.4, -0.2) is 24.2 Å². The molecule has 0 aromatic heterocycles. The first kappa shape index (κ1) is 14.0. The first-order chi connectivity index (χ1) is 8.18. The number of aromatic carboxylic acids is 1. The van der Waals surface area contributed by atoms with Gasteiger partial charge in [0.05, 0.1) is 23.8 Å². The standard InChI is InChI=1S/C11H9F3O4/c1-5-3-7(10(17)18-2)6(9(15)16)4-8(5)11(12,13)14/h3-4H,1-2H3,(H,15,16). The van der Waals surface area contributed by atoms with Gasteiger partial charge in [-0.05, 0) is 24.6 Å². The Bertz CT molecular complexity index is 506. The third-order valence-electron chi connectivity index (χ3n) is 2.31. The molecule has 0 radical (unpaired) electrons. The molecule has 4 nitrogen and oxygen atoms in total. The van der Waals surface area contributed by atoms with Crippen LogP contribution < -0.4 is 0 Å². The molecular formula is C11H9F3O4. The van der Waals surface area contributed by atoms with Gasteiger partial charge in [-0.1, -0.05) is 0 Å². The van der Waals surface area contributed by atoms with E-state index in [0.29, 0.717) is 6.07 Å². The van der Waals surface area contributed by atoms with Gasteiger partial charge >= 0.3 is 18.1 Å². The number of esters is 1. The number of carboxylic acid groups (broad SMARTS) is 1. The summed E-state index contributed by atoms with van der Waals surface area (Å²) in [7, 11) is 1.01. The van der Waals surface area contributed by atoms with Crippen molar-refractivity contribution in [2.75, 3.05) is 7.11 Å². The zero-order chi connectivity index (χ0) is 14.1. The van der Waals surface area contributed by atoms with E-state index in [0.717, 1.165) is 20.1 Å². The number of carbonyl (C=O) groups is 2. The van der Waals surface area contributed by atoms with Crippen molar-refractivity contribution in [2.45, 2.75) is 13.1 Å². The van der Waals surface area contributed by atoms with Crippen molar-refractivity contribution >= 4 is 11.9 Å². The topological polar surface area (TPSA) is 63.6 Å². The molecule has 0 aliphatic carbocycles. The molecule has 0 amide bonds. The van der Waals surface area contributed by atoms with E-state index < -0.39 is 34.8 Å². The summed E-state index contributed by atoms with van der Waals surface area (Å²) < 4.78 is 42.1. The highest BCUT2D eigenvalue weighted by molar-refractivity contribution is 6.02. The summed E-state index contributed by atoms with van der Waals surface area (Å²) in [6.45, 7) is 1.14. The predicted molar refractivity (Wildman–Crippen MR) is 54.5 cm³/mol. The minimum Gasteiger partial charge on any atom is -0.478 e. The average molecular weight is 262 g/mol. The van der Waals surface area contributed by atoms with Crippen LogP contribution in [0.5, 0.6) is 0 Å². The van der Waals surface area contributed by atoms with Crippen LogP contribution in [0.1, 0.15) is 31.8 Å². The van der Waals surface area contributed by atoms with Crippen LogP contribution in [0.25, 0.3) is 0 Å². The molecule has 1 rings (SSSR count). The van der Waals surface area contributed by atoms with Crippen LogP contribution in [0, 0.1) is 6.92 Å². The Morgan fingerprint density at radius 1 is 1.22 bits per heavy atom. The highest BCUT2D eigenvalue weighted by Gasteiger charge is 2.34. The summed E-state index contributed by atoms with van der Waals surface area (Å²) in [5.74, 6) is -2.62. The van der Waals surface area contributed by atoms with Crippen molar-refractivity contribution in [3.63, 3.8) is 0 Å². The van der Waals surface area contributed by atoms with E-state index >= 15 is 0 Å². The van der Waals surface area contributed by atoms with Gasteiger partial charge in [0.1, 0.15) is 0 Å². The van der Waals surface area contributed by atoms with Crippen molar-refractivity contribution in [2.24, 2.45) is 0 Å². The van der Waals surface area contributed by atoms with Gasteiger partial charge < -0.3 is 9.84 Å². The van der Waals surface area contributed by atoms with Gasteiger partial charge in [-0.3, -0.25) is 0 Å². The molecule has 1 aromatic rings. The molecule has 0 aliphatic rings. The molecule has 0 saturated heterocycles. The fourth-order valence-corrected chi connectivity index (χ4v) is 1.47. The SMILES string of the molecule is COC(=O)c1cc(C)c(C(F)(F)F)cc1C(=O)O. The molecule has 7 heteroatoms. The number of hydrogen-bond acceptors (Lipinski definition) is 3. The zero-order valence-electron chi connectivity index (χ0n) is 9.46. The first-order valence-electron chi connectivity index (χ1n) is 4.72. The molecular weight excluding hydrogens is 253 g/mol. The number of halogens is 3. The average Bonchev–Trinajstić information content (AvgIpc) is 2.25. The van der Waals surface area contributed by atoms with Crippen molar-refractivity contribution < 1.29 is 32.6 Å². The Morgan fingerprint density at radius 2 is 1.78 bits per heavy atom. The number of hydrogen-bond donors (Lipinski definition) is 1. The third-order valence-corrected chi connectivity index (χ3v) is 2.31. The van der Waals surface area contributed by atoms with Gasteiger partial charge in [-0.15, -0.1) is 0 Å². The van der Waals surface area contributed by atoms with E-state index in [2.05, 4.69) is 4.74 Å². The number of aryl methyl sites for hydroxylation is 1. The van der Waals surface area contributed by atoms with Crippen molar-refractivity contribution in [3.05, 3.63) is 34.4 Å². The maximum absolute atomic E-state index is 12.6. The van der Waals surface area contributed by atoms with Gasteiger partial charge in [0.25, 0.3) is 0 Å².